The molecule has 0 saturated heterocycles. The molecule has 0 N–H and O–H groups in total. The van der Waals surface area contributed by atoms with Crippen molar-refractivity contribution in [1.29, 1.82) is 0 Å². The molecule has 0 fully saturated rings. The van der Waals surface area contributed by atoms with E-state index in [-0.39, 0.29) is 0 Å². The maximum absolute atomic E-state index is 2.54. The molecular formula is C65H45N3. The van der Waals surface area contributed by atoms with Crippen LogP contribution in [0.4, 0.5) is 34.1 Å². The molecule has 1 aliphatic rings. The van der Waals surface area contributed by atoms with Crippen LogP contribution >= 0.6 is 0 Å². The smallest absolute Gasteiger partial charge is 0.0714 e. The third-order valence-electron chi connectivity index (χ3n) is 14.0. The molecule has 3 heteroatoms. The summed E-state index contributed by atoms with van der Waals surface area (Å²) in [5.41, 5.74) is 16.8. The first kappa shape index (κ1) is 39.4. The van der Waals surface area contributed by atoms with Gasteiger partial charge in [0.25, 0.3) is 0 Å². The van der Waals surface area contributed by atoms with Crippen molar-refractivity contribution in [1.82, 2.24) is 4.57 Å². The highest BCUT2D eigenvalue weighted by atomic mass is 15.2. The molecule has 1 heterocycles. The molecule has 0 saturated carbocycles. The number of anilines is 6. The van der Waals surface area contributed by atoms with Crippen LogP contribution in [0.3, 0.4) is 0 Å². The van der Waals surface area contributed by atoms with Gasteiger partial charge >= 0.3 is 0 Å². The predicted octanol–water partition coefficient (Wildman–Crippen LogP) is 17.2. The molecule has 0 atom stereocenters. The number of para-hydroxylation sites is 4. The summed E-state index contributed by atoms with van der Waals surface area (Å²) in [5.74, 6) is 0. The van der Waals surface area contributed by atoms with E-state index >= 15 is 0 Å². The van der Waals surface area contributed by atoms with Crippen molar-refractivity contribution in [2.45, 2.75) is 5.41 Å². The van der Waals surface area contributed by atoms with Gasteiger partial charge in [-0.1, -0.05) is 188 Å². The Morgan fingerprint density at radius 3 is 1.32 bits per heavy atom. The van der Waals surface area contributed by atoms with Crippen LogP contribution in [0.5, 0.6) is 0 Å². The van der Waals surface area contributed by atoms with E-state index < -0.39 is 5.41 Å². The molecule has 0 amide bonds. The summed E-state index contributed by atoms with van der Waals surface area (Å²) in [6, 6.07) is 100.0. The SMILES string of the molecule is c1ccc(N(c2ccccc2)c2cc(N(c3ccccc3)c3ccccc3)c3c4cc5ccccc5cc4n(-c4ccc5c(c4)C(c4ccccc4)(c4ccccc4)c4ccccc4-5)c3c2)cc1. The third-order valence-corrected chi connectivity index (χ3v) is 14.0. The van der Waals surface area contributed by atoms with Crippen molar-refractivity contribution >= 4 is 66.7 Å². The first-order chi connectivity index (χ1) is 33.8. The van der Waals surface area contributed by atoms with E-state index in [1.165, 1.54) is 54.9 Å². The Morgan fingerprint density at radius 1 is 0.309 bits per heavy atom. The van der Waals surface area contributed by atoms with Gasteiger partial charge in [0.15, 0.2) is 0 Å². The zero-order valence-corrected chi connectivity index (χ0v) is 37.3. The molecule has 3 nitrogen and oxygen atoms in total. The molecule has 320 valence electrons. The third kappa shape index (κ3) is 6.21. The second-order valence-electron chi connectivity index (χ2n) is 17.7. The van der Waals surface area contributed by atoms with Gasteiger partial charge in [-0.15, -0.1) is 0 Å². The highest BCUT2D eigenvalue weighted by Gasteiger charge is 2.46. The summed E-state index contributed by atoms with van der Waals surface area (Å²) in [6.45, 7) is 0. The van der Waals surface area contributed by atoms with Gasteiger partial charge in [-0.05, 0) is 129 Å². The Morgan fingerprint density at radius 2 is 0.765 bits per heavy atom. The van der Waals surface area contributed by atoms with E-state index in [9.17, 15) is 0 Å². The lowest BCUT2D eigenvalue weighted by molar-refractivity contribution is 0.767. The fourth-order valence-electron chi connectivity index (χ4n) is 11.1. The lowest BCUT2D eigenvalue weighted by atomic mass is 9.67. The van der Waals surface area contributed by atoms with Crippen LogP contribution < -0.4 is 9.80 Å². The monoisotopic (exact) mass is 867 g/mol. The summed E-state index contributed by atoms with van der Waals surface area (Å²) >= 11 is 0. The number of benzene rings is 11. The van der Waals surface area contributed by atoms with E-state index in [0.717, 1.165) is 50.8 Å². The first-order valence-corrected chi connectivity index (χ1v) is 23.4. The topological polar surface area (TPSA) is 11.4 Å². The van der Waals surface area contributed by atoms with E-state index in [2.05, 4.69) is 287 Å². The van der Waals surface area contributed by atoms with Gasteiger partial charge in [-0.25, -0.2) is 0 Å². The van der Waals surface area contributed by atoms with Crippen molar-refractivity contribution in [2.75, 3.05) is 9.80 Å². The summed E-state index contributed by atoms with van der Waals surface area (Å²) in [4.78, 5) is 4.83. The Hall–Kier alpha value is -8.92. The normalized spacial score (nSPS) is 12.5. The predicted molar refractivity (Wildman–Crippen MR) is 285 cm³/mol. The minimum atomic E-state index is -0.554. The number of aromatic nitrogens is 1. The summed E-state index contributed by atoms with van der Waals surface area (Å²) < 4.78 is 2.54. The zero-order valence-electron chi connectivity index (χ0n) is 37.3. The standard InChI is InChI=1S/C65H45N3/c1-7-25-48(26-8-1)65(49-27-9-2-10-28-49)59-38-22-21-37-56(59)57-40-39-54(43-60(57)65)68-61-42-47-24-20-19-23-46(47)41-58(61)64-62(67(52-33-15-5-16-34-52)53-35-17-6-18-36-53)44-55(45-63(64)68)66(50-29-11-3-12-30-50)51-31-13-4-14-32-51/h1-45H. The fraction of sp³-hybridized carbons (Fsp3) is 0.0154. The average molecular weight is 868 g/mol. The molecule has 68 heavy (non-hydrogen) atoms. The molecule has 13 rings (SSSR count). The van der Waals surface area contributed by atoms with Crippen LogP contribution in [-0.4, -0.2) is 4.57 Å². The molecule has 1 aromatic heterocycles. The maximum atomic E-state index is 2.54. The lowest BCUT2D eigenvalue weighted by Crippen LogP contribution is -2.28. The minimum absolute atomic E-state index is 0.554. The van der Waals surface area contributed by atoms with Crippen LogP contribution in [0.15, 0.2) is 273 Å². The quantitative estimate of drug-likeness (QED) is 0.143. The Kier molecular flexibility index (Phi) is 9.40. The minimum Gasteiger partial charge on any atom is -0.310 e. The van der Waals surface area contributed by atoms with Crippen LogP contribution in [0, 0.1) is 0 Å². The van der Waals surface area contributed by atoms with Crippen molar-refractivity contribution in [2.24, 2.45) is 0 Å². The number of rotatable bonds is 9. The molecule has 1 aliphatic carbocycles. The van der Waals surface area contributed by atoms with Gasteiger partial charge in [0.05, 0.1) is 27.8 Å². The van der Waals surface area contributed by atoms with E-state index in [0.29, 0.717) is 0 Å². The maximum Gasteiger partial charge on any atom is 0.0714 e. The van der Waals surface area contributed by atoms with Crippen LogP contribution in [0.1, 0.15) is 22.3 Å². The van der Waals surface area contributed by atoms with Gasteiger partial charge < -0.3 is 14.4 Å². The second-order valence-corrected chi connectivity index (χ2v) is 17.7. The largest absolute Gasteiger partial charge is 0.310 e. The lowest BCUT2D eigenvalue weighted by Gasteiger charge is -2.34. The molecule has 0 unspecified atom stereocenters. The van der Waals surface area contributed by atoms with Crippen LogP contribution in [0.25, 0.3) is 49.4 Å². The van der Waals surface area contributed by atoms with E-state index in [4.69, 9.17) is 0 Å². The van der Waals surface area contributed by atoms with Crippen molar-refractivity contribution < 1.29 is 0 Å². The van der Waals surface area contributed by atoms with E-state index in [1.807, 2.05) is 0 Å². The molecule has 0 aliphatic heterocycles. The van der Waals surface area contributed by atoms with Gasteiger partial charge in [0.1, 0.15) is 0 Å². The number of fused-ring (bicyclic) bond motifs is 7. The molecule has 12 aromatic rings. The van der Waals surface area contributed by atoms with E-state index in [1.54, 1.807) is 0 Å². The number of hydrogen-bond donors (Lipinski definition) is 0. The zero-order chi connectivity index (χ0) is 45.0. The molecule has 0 radical (unpaired) electrons. The van der Waals surface area contributed by atoms with Crippen LogP contribution in [0.2, 0.25) is 0 Å². The molecule has 11 aromatic carbocycles. The van der Waals surface area contributed by atoms with Gasteiger partial charge in [0.2, 0.25) is 0 Å². The van der Waals surface area contributed by atoms with Gasteiger partial charge in [-0.2, -0.15) is 0 Å². The van der Waals surface area contributed by atoms with Crippen molar-refractivity contribution in [3.8, 4) is 16.8 Å². The molecular weight excluding hydrogens is 823 g/mol. The number of hydrogen-bond acceptors (Lipinski definition) is 2. The summed E-state index contributed by atoms with van der Waals surface area (Å²) in [6.07, 6.45) is 0. The highest BCUT2D eigenvalue weighted by molar-refractivity contribution is 6.20. The summed E-state index contributed by atoms with van der Waals surface area (Å²) in [7, 11) is 0. The Bertz CT molecular complexity index is 3660. The number of nitrogens with zero attached hydrogens (tertiary/aromatic N) is 3. The second kappa shape index (κ2) is 16.2. The van der Waals surface area contributed by atoms with Crippen LogP contribution in [-0.2, 0) is 5.41 Å². The molecule has 0 bridgehead atoms. The highest BCUT2D eigenvalue weighted by Crippen LogP contribution is 2.57. The summed E-state index contributed by atoms with van der Waals surface area (Å²) in [5, 5.41) is 4.75. The Balaban J connectivity index is 1.19. The average Bonchev–Trinajstić information content (AvgIpc) is 3.89. The van der Waals surface area contributed by atoms with Crippen molar-refractivity contribution in [3.63, 3.8) is 0 Å². The first-order valence-electron chi connectivity index (χ1n) is 23.4. The molecule has 0 spiro atoms. The Labute approximate surface area is 396 Å². The van der Waals surface area contributed by atoms with Gasteiger partial charge in [-0.3, -0.25) is 0 Å². The fourth-order valence-corrected chi connectivity index (χ4v) is 11.1. The van der Waals surface area contributed by atoms with Crippen molar-refractivity contribution in [3.05, 3.63) is 295 Å². The van der Waals surface area contributed by atoms with Gasteiger partial charge in [0, 0.05) is 39.2 Å².